The highest BCUT2D eigenvalue weighted by Gasteiger charge is 2.41. The van der Waals surface area contributed by atoms with E-state index in [0.717, 1.165) is 41.3 Å². The summed E-state index contributed by atoms with van der Waals surface area (Å²) in [6.07, 6.45) is 0.295. The summed E-state index contributed by atoms with van der Waals surface area (Å²) in [6.45, 7) is 15.8. The maximum absolute atomic E-state index is 11.9. The molecule has 0 aliphatic carbocycles. The fraction of sp³-hybridized carbons (Fsp3) is 0.583. The third-order valence-corrected chi connectivity index (χ3v) is 12.4. The molecule has 32 heavy (non-hydrogen) atoms. The number of thiazole rings is 1. The van der Waals surface area contributed by atoms with Crippen LogP contribution in [0.4, 0.5) is 4.79 Å². The SMILES string of the molecule is Cc1csc(-c2cccc([C@@H](CN3CC[C@H](O[Si](C)(C)C(C)(C)C)C3)N(C)C(=O)O)c2)n1. The minimum atomic E-state index is -1.82. The molecule has 1 aromatic carbocycles. The van der Waals surface area contributed by atoms with Gasteiger partial charge in [0.15, 0.2) is 8.32 Å². The van der Waals surface area contributed by atoms with Crippen molar-refractivity contribution in [2.45, 2.75) is 64.4 Å². The van der Waals surface area contributed by atoms with E-state index in [1.165, 1.54) is 4.90 Å². The molecule has 6 nitrogen and oxygen atoms in total. The lowest BCUT2D eigenvalue weighted by Crippen LogP contribution is -2.45. The lowest BCUT2D eigenvalue weighted by Gasteiger charge is -2.38. The molecule has 1 aromatic heterocycles. The van der Waals surface area contributed by atoms with Crippen molar-refractivity contribution >= 4 is 25.7 Å². The summed E-state index contributed by atoms with van der Waals surface area (Å²) < 4.78 is 6.63. The van der Waals surface area contributed by atoms with Crippen LogP contribution < -0.4 is 0 Å². The average Bonchev–Trinajstić information content (AvgIpc) is 3.33. The van der Waals surface area contributed by atoms with E-state index in [4.69, 9.17) is 4.43 Å². The van der Waals surface area contributed by atoms with Gasteiger partial charge in [0.1, 0.15) is 5.01 Å². The minimum Gasteiger partial charge on any atom is -0.465 e. The zero-order valence-electron chi connectivity index (χ0n) is 20.4. The number of hydrogen-bond acceptors (Lipinski definition) is 5. The number of hydrogen-bond donors (Lipinski definition) is 1. The maximum atomic E-state index is 11.9. The zero-order valence-corrected chi connectivity index (χ0v) is 22.2. The molecule has 2 atom stereocenters. The van der Waals surface area contributed by atoms with Gasteiger partial charge in [-0.25, -0.2) is 9.78 Å². The number of carboxylic acid groups (broad SMARTS) is 1. The Kier molecular flexibility index (Phi) is 7.49. The second-order valence-corrected chi connectivity index (χ2v) is 16.0. The smallest absolute Gasteiger partial charge is 0.407 e. The van der Waals surface area contributed by atoms with Crippen molar-refractivity contribution in [3.05, 3.63) is 40.9 Å². The van der Waals surface area contributed by atoms with Gasteiger partial charge in [-0.3, -0.25) is 4.90 Å². The number of likely N-dealkylation sites (tertiary alicyclic amines) is 1. The Morgan fingerprint density at radius 1 is 1.41 bits per heavy atom. The van der Waals surface area contributed by atoms with Crippen molar-refractivity contribution in [1.82, 2.24) is 14.8 Å². The first-order valence-electron chi connectivity index (χ1n) is 11.3. The number of nitrogens with zero attached hydrogens (tertiary/aromatic N) is 3. The van der Waals surface area contributed by atoms with Gasteiger partial charge in [-0.2, -0.15) is 0 Å². The van der Waals surface area contributed by atoms with E-state index in [2.05, 4.69) is 49.8 Å². The van der Waals surface area contributed by atoms with E-state index in [0.29, 0.717) is 6.54 Å². The Bertz CT molecular complexity index is 941. The van der Waals surface area contributed by atoms with E-state index in [1.54, 1.807) is 18.4 Å². The average molecular weight is 476 g/mol. The Balaban J connectivity index is 1.76. The van der Waals surface area contributed by atoms with Crippen LogP contribution in [0.1, 0.15) is 44.5 Å². The molecule has 1 N–H and O–H groups in total. The van der Waals surface area contributed by atoms with Gasteiger partial charge in [0.2, 0.25) is 0 Å². The molecule has 0 spiro atoms. The Hall–Kier alpha value is -1.74. The second-order valence-electron chi connectivity index (χ2n) is 10.4. The van der Waals surface area contributed by atoms with Crippen molar-refractivity contribution in [2.75, 3.05) is 26.7 Å². The van der Waals surface area contributed by atoms with Crippen LogP contribution in [0.15, 0.2) is 29.6 Å². The van der Waals surface area contributed by atoms with E-state index < -0.39 is 14.4 Å². The lowest BCUT2D eigenvalue weighted by atomic mass is 10.0. The molecule has 1 aliphatic heterocycles. The third-order valence-electron chi connectivity index (χ3n) is 6.83. The van der Waals surface area contributed by atoms with E-state index in [1.807, 2.05) is 30.5 Å². The summed E-state index contributed by atoms with van der Waals surface area (Å²) in [7, 11) is -0.163. The molecule has 8 heteroatoms. The van der Waals surface area contributed by atoms with Crippen LogP contribution in [0.25, 0.3) is 10.6 Å². The van der Waals surface area contributed by atoms with Crippen molar-refractivity contribution in [2.24, 2.45) is 0 Å². The molecular weight excluding hydrogens is 438 g/mol. The highest BCUT2D eigenvalue weighted by Crippen LogP contribution is 2.38. The van der Waals surface area contributed by atoms with Gasteiger partial charge >= 0.3 is 6.09 Å². The van der Waals surface area contributed by atoms with E-state index in [-0.39, 0.29) is 17.2 Å². The van der Waals surface area contributed by atoms with Crippen molar-refractivity contribution in [1.29, 1.82) is 0 Å². The number of likely N-dealkylation sites (N-methyl/N-ethyl adjacent to an activating group) is 1. The molecule has 2 aromatic rings. The van der Waals surface area contributed by atoms with Crippen LogP contribution in [0.3, 0.4) is 0 Å². The molecule has 1 amide bonds. The Morgan fingerprint density at radius 2 is 2.12 bits per heavy atom. The summed E-state index contributed by atoms with van der Waals surface area (Å²) in [4.78, 5) is 20.3. The molecule has 176 valence electrons. The summed E-state index contributed by atoms with van der Waals surface area (Å²) >= 11 is 1.61. The predicted octanol–water partition coefficient (Wildman–Crippen LogP) is 5.87. The number of amides is 1. The highest BCUT2D eigenvalue weighted by molar-refractivity contribution is 7.13. The van der Waals surface area contributed by atoms with E-state index >= 15 is 0 Å². The molecule has 2 heterocycles. The number of aromatic nitrogens is 1. The van der Waals surface area contributed by atoms with Gasteiger partial charge in [0.05, 0.1) is 12.1 Å². The van der Waals surface area contributed by atoms with Gasteiger partial charge in [0, 0.05) is 43.3 Å². The maximum Gasteiger partial charge on any atom is 0.407 e. The molecule has 3 rings (SSSR count). The van der Waals surface area contributed by atoms with Gasteiger partial charge < -0.3 is 14.4 Å². The van der Waals surface area contributed by atoms with Crippen molar-refractivity contribution < 1.29 is 14.3 Å². The highest BCUT2D eigenvalue weighted by atomic mass is 32.1. The minimum absolute atomic E-state index is 0.182. The lowest BCUT2D eigenvalue weighted by molar-refractivity contribution is 0.121. The van der Waals surface area contributed by atoms with Crippen LogP contribution in [-0.4, -0.2) is 67.1 Å². The largest absolute Gasteiger partial charge is 0.465 e. The fourth-order valence-corrected chi connectivity index (χ4v) is 6.02. The molecular formula is C24H37N3O3SSi. The summed E-state index contributed by atoms with van der Waals surface area (Å²) in [5.74, 6) is 0. The summed E-state index contributed by atoms with van der Waals surface area (Å²) in [5, 5.41) is 12.9. The quantitative estimate of drug-likeness (QED) is 0.508. The fourth-order valence-electron chi connectivity index (χ4n) is 3.85. The van der Waals surface area contributed by atoms with Crippen LogP contribution in [0.5, 0.6) is 0 Å². The van der Waals surface area contributed by atoms with Gasteiger partial charge in [0.25, 0.3) is 0 Å². The molecule has 1 fully saturated rings. The molecule has 0 radical (unpaired) electrons. The second kappa shape index (κ2) is 9.63. The van der Waals surface area contributed by atoms with Gasteiger partial charge in [-0.15, -0.1) is 11.3 Å². The van der Waals surface area contributed by atoms with Crippen molar-refractivity contribution in [3.63, 3.8) is 0 Å². The van der Waals surface area contributed by atoms with Crippen LogP contribution >= 0.6 is 11.3 Å². The van der Waals surface area contributed by atoms with Crippen LogP contribution in [0, 0.1) is 6.92 Å². The number of carbonyl (C=O) groups is 1. The predicted molar refractivity (Wildman–Crippen MR) is 134 cm³/mol. The molecule has 1 aliphatic rings. The van der Waals surface area contributed by atoms with Gasteiger partial charge in [-0.05, 0) is 43.1 Å². The first kappa shape index (κ1) is 24.9. The third kappa shape index (κ3) is 5.78. The number of benzene rings is 1. The van der Waals surface area contributed by atoms with Crippen molar-refractivity contribution in [3.8, 4) is 10.6 Å². The first-order valence-corrected chi connectivity index (χ1v) is 15.0. The molecule has 0 saturated carbocycles. The van der Waals surface area contributed by atoms with E-state index in [9.17, 15) is 9.90 Å². The molecule has 0 unspecified atom stereocenters. The topological polar surface area (TPSA) is 65.9 Å². The Morgan fingerprint density at radius 3 is 2.72 bits per heavy atom. The number of rotatable bonds is 7. The summed E-state index contributed by atoms with van der Waals surface area (Å²) in [5.41, 5.74) is 3.03. The first-order chi connectivity index (χ1) is 14.9. The van der Waals surface area contributed by atoms with Crippen LogP contribution in [-0.2, 0) is 4.43 Å². The monoisotopic (exact) mass is 475 g/mol. The molecule has 1 saturated heterocycles. The summed E-state index contributed by atoms with van der Waals surface area (Å²) in [6, 6.07) is 7.89. The molecule has 0 bridgehead atoms. The number of aryl methyl sites for hydroxylation is 1. The standard InChI is InChI=1S/C24H37N3O3SSi/c1-17-16-31-22(25-17)19-10-8-9-18(13-19)21(26(5)23(28)29)15-27-12-11-20(14-27)30-32(6,7)24(2,3)4/h8-10,13,16,20-21H,11-12,14-15H2,1-7H3,(H,28,29)/t20-,21+/m0/s1. The van der Waals surface area contributed by atoms with Gasteiger partial charge in [-0.1, -0.05) is 39.0 Å². The van der Waals surface area contributed by atoms with Crippen LogP contribution in [0.2, 0.25) is 18.1 Å². The normalized spacial score (nSPS) is 18.7. The zero-order chi connectivity index (χ0) is 23.7. The Labute approximate surface area is 197 Å².